The van der Waals surface area contributed by atoms with Crippen molar-refractivity contribution in [3.63, 3.8) is 0 Å². The van der Waals surface area contributed by atoms with Crippen molar-refractivity contribution in [3.05, 3.63) is 35.4 Å². The average Bonchev–Trinajstić information content (AvgIpc) is 2.53. The fourth-order valence-corrected chi connectivity index (χ4v) is 2.48. The molecule has 1 rings (SSSR count). The monoisotopic (exact) mass is 333 g/mol. The number of amides is 3. The Hall–Kier alpha value is -1.88. The quantitative estimate of drug-likeness (QED) is 0.683. The summed E-state index contributed by atoms with van der Waals surface area (Å²) in [6.07, 6.45) is 0.835. The van der Waals surface area contributed by atoms with Gasteiger partial charge in [0.1, 0.15) is 0 Å². The summed E-state index contributed by atoms with van der Waals surface area (Å²) in [5.74, 6) is 0.501. The first-order valence-corrected chi connectivity index (χ1v) is 8.76. The Morgan fingerprint density at radius 1 is 1.00 bits per heavy atom. The zero-order valence-corrected chi connectivity index (χ0v) is 15.5. The lowest BCUT2D eigenvalue weighted by atomic mass is 9.93. The van der Waals surface area contributed by atoms with Crippen LogP contribution >= 0.6 is 0 Å². The Labute approximate surface area is 145 Å². The first-order chi connectivity index (χ1) is 11.3. The van der Waals surface area contributed by atoms with Crippen molar-refractivity contribution in [1.82, 2.24) is 16.0 Å². The molecule has 0 aliphatic heterocycles. The van der Waals surface area contributed by atoms with Crippen LogP contribution in [0.25, 0.3) is 0 Å². The van der Waals surface area contributed by atoms with Crippen molar-refractivity contribution >= 4 is 11.9 Å². The number of imide groups is 1. The summed E-state index contributed by atoms with van der Waals surface area (Å²) < 4.78 is 0. The average molecular weight is 333 g/mol. The van der Waals surface area contributed by atoms with Crippen molar-refractivity contribution in [3.8, 4) is 0 Å². The molecule has 0 bridgehead atoms. The predicted octanol–water partition coefficient (Wildman–Crippen LogP) is 3.33. The summed E-state index contributed by atoms with van der Waals surface area (Å²) in [7, 11) is 0. The fraction of sp³-hybridized carbons (Fsp3) is 0.579. The topological polar surface area (TPSA) is 70.2 Å². The van der Waals surface area contributed by atoms with Gasteiger partial charge in [0.05, 0.1) is 6.54 Å². The van der Waals surface area contributed by atoms with E-state index in [4.69, 9.17) is 0 Å². The van der Waals surface area contributed by atoms with Crippen LogP contribution in [0.3, 0.4) is 0 Å². The molecule has 3 amide bonds. The van der Waals surface area contributed by atoms with Crippen LogP contribution in [-0.4, -0.2) is 25.0 Å². The molecule has 1 aromatic carbocycles. The maximum absolute atomic E-state index is 11.9. The van der Waals surface area contributed by atoms with Gasteiger partial charge in [-0.15, -0.1) is 0 Å². The van der Waals surface area contributed by atoms with E-state index in [1.54, 1.807) is 0 Å². The van der Waals surface area contributed by atoms with Gasteiger partial charge in [-0.2, -0.15) is 0 Å². The van der Waals surface area contributed by atoms with Crippen molar-refractivity contribution in [2.45, 2.75) is 53.0 Å². The molecule has 0 unspecified atom stereocenters. The number of benzene rings is 1. The van der Waals surface area contributed by atoms with Gasteiger partial charge in [0.15, 0.2) is 0 Å². The van der Waals surface area contributed by atoms with Crippen LogP contribution in [0.2, 0.25) is 0 Å². The third-order valence-corrected chi connectivity index (χ3v) is 3.90. The molecule has 24 heavy (non-hydrogen) atoms. The van der Waals surface area contributed by atoms with E-state index in [9.17, 15) is 9.59 Å². The van der Waals surface area contributed by atoms with Crippen LogP contribution in [0.4, 0.5) is 4.79 Å². The van der Waals surface area contributed by atoms with Crippen LogP contribution < -0.4 is 16.0 Å². The summed E-state index contributed by atoms with van der Waals surface area (Å²) in [5, 5.41) is 8.21. The van der Waals surface area contributed by atoms with Crippen molar-refractivity contribution in [2.75, 3.05) is 13.1 Å². The number of rotatable bonds is 8. The Kier molecular flexibility index (Phi) is 8.47. The lowest BCUT2D eigenvalue weighted by Crippen LogP contribution is -2.44. The Balaban J connectivity index is 2.60. The molecule has 5 heteroatoms. The SMILES string of the molecule is CCCNC(=O)NC(=O)CN[C@@H](c1ccc(C(C)C)cc1)C(C)C. The van der Waals surface area contributed by atoms with Crippen molar-refractivity contribution in [1.29, 1.82) is 0 Å². The van der Waals surface area contributed by atoms with Gasteiger partial charge >= 0.3 is 6.03 Å². The van der Waals surface area contributed by atoms with Gasteiger partial charge in [-0.05, 0) is 29.4 Å². The number of hydrogen-bond donors (Lipinski definition) is 3. The molecule has 0 heterocycles. The number of hydrogen-bond acceptors (Lipinski definition) is 3. The third-order valence-electron chi connectivity index (χ3n) is 3.90. The molecule has 1 aromatic rings. The molecule has 0 aromatic heterocycles. The van der Waals surface area contributed by atoms with Gasteiger partial charge < -0.3 is 10.6 Å². The second-order valence-corrected chi connectivity index (χ2v) is 6.73. The van der Waals surface area contributed by atoms with E-state index in [-0.39, 0.29) is 18.5 Å². The number of carbonyl (C=O) groups excluding carboxylic acids is 2. The van der Waals surface area contributed by atoms with Crippen molar-refractivity contribution in [2.24, 2.45) is 5.92 Å². The maximum atomic E-state index is 11.9. The van der Waals surface area contributed by atoms with Gasteiger partial charge in [0, 0.05) is 12.6 Å². The summed E-state index contributed by atoms with van der Waals surface area (Å²) >= 11 is 0. The van der Waals surface area contributed by atoms with E-state index in [1.807, 2.05) is 6.92 Å². The van der Waals surface area contributed by atoms with Gasteiger partial charge in [-0.1, -0.05) is 58.9 Å². The largest absolute Gasteiger partial charge is 0.338 e. The Morgan fingerprint density at radius 3 is 2.08 bits per heavy atom. The Morgan fingerprint density at radius 2 is 1.58 bits per heavy atom. The minimum Gasteiger partial charge on any atom is -0.338 e. The van der Waals surface area contributed by atoms with Crippen LogP contribution in [0.15, 0.2) is 24.3 Å². The fourth-order valence-electron chi connectivity index (χ4n) is 2.48. The molecule has 0 aliphatic rings. The highest BCUT2D eigenvalue weighted by Crippen LogP contribution is 2.23. The normalized spacial score (nSPS) is 12.3. The molecule has 0 saturated carbocycles. The van der Waals surface area contributed by atoms with Gasteiger partial charge in [-0.3, -0.25) is 10.1 Å². The zero-order chi connectivity index (χ0) is 18.1. The minimum atomic E-state index is -0.439. The highest BCUT2D eigenvalue weighted by molar-refractivity contribution is 5.95. The van der Waals surface area contributed by atoms with Gasteiger partial charge in [0.25, 0.3) is 0 Å². The minimum absolute atomic E-state index is 0.0654. The first-order valence-electron chi connectivity index (χ1n) is 8.76. The van der Waals surface area contributed by atoms with Gasteiger partial charge in [0.2, 0.25) is 5.91 Å². The van der Waals surface area contributed by atoms with E-state index >= 15 is 0 Å². The summed E-state index contributed by atoms with van der Waals surface area (Å²) in [6.45, 7) is 11.2. The molecule has 0 fully saturated rings. The van der Waals surface area contributed by atoms with E-state index in [2.05, 4.69) is 67.9 Å². The van der Waals surface area contributed by atoms with Crippen molar-refractivity contribution < 1.29 is 9.59 Å². The third kappa shape index (κ3) is 6.71. The smallest absolute Gasteiger partial charge is 0.321 e. The molecule has 0 radical (unpaired) electrons. The molecular formula is C19H31N3O2. The highest BCUT2D eigenvalue weighted by Gasteiger charge is 2.17. The molecule has 5 nitrogen and oxygen atoms in total. The van der Waals surface area contributed by atoms with Crippen LogP contribution in [0.1, 0.15) is 64.1 Å². The maximum Gasteiger partial charge on any atom is 0.321 e. The number of nitrogens with one attached hydrogen (secondary N) is 3. The lowest BCUT2D eigenvalue weighted by molar-refractivity contribution is -0.119. The summed E-state index contributed by atoms with van der Waals surface area (Å²) in [5.41, 5.74) is 2.45. The summed E-state index contributed by atoms with van der Waals surface area (Å²) in [4.78, 5) is 23.4. The van der Waals surface area contributed by atoms with Crippen LogP contribution in [-0.2, 0) is 4.79 Å². The number of urea groups is 1. The predicted molar refractivity (Wildman–Crippen MR) is 97.9 cm³/mol. The highest BCUT2D eigenvalue weighted by atomic mass is 16.2. The molecule has 0 saturated heterocycles. The second-order valence-electron chi connectivity index (χ2n) is 6.73. The molecule has 3 N–H and O–H groups in total. The first kappa shape index (κ1) is 20.2. The zero-order valence-electron chi connectivity index (χ0n) is 15.5. The second kappa shape index (κ2) is 10.1. The van der Waals surface area contributed by atoms with E-state index in [1.165, 1.54) is 5.56 Å². The number of carbonyl (C=O) groups is 2. The van der Waals surface area contributed by atoms with E-state index in [0.29, 0.717) is 18.4 Å². The van der Waals surface area contributed by atoms with E-state index in [0.717, 1.165) is 12.0 Å². The lowest BCUT2D eigenvalue weighted by Gasteiger charge is -2.23. The van der Waals surface area contributed by atoms with Crippen LogP contribution in [0.5, 0.6) is 0 Å². The van der Waals surface area contributed by atoms with Crippen LogP contribution in [0, 0.1) is 5.92 Å². The molecule has 1 atom stereocenters. The van der Waals surface area contributed by atoms with E-state index < -0.39 is 6.03 Å². The molecule has 0 spiro atoms. The summed E-state index contributed by atoms with van der Waals surface area (Å²) in [6, 6.07) is 8.12. The molecule has 0 aliphatic carbocycles. The van der Waals surface area contributed by atoms with Gasteiger partial charge in [-0.25, -0.2) is 4.79 Å². The Bertz CT molecular complexity index is 524. The molecular weight excluding hydrogens is 302 g/mol. The molecule has 134 valence electrons. The standard InChI is InChI=1S/C19H31N3O2/c1-6-11-20-19(24)22-17(23)12-21-18(14(4)5)16-9-7-15(8-10-16)13(2)3/h7-10,13-14,18,21H,6,11-12H2,1-5H3,(H2,20,22,23,24)/t18-/m1/s1.